The molecule has 0 aromatic heterocycles. The lowest BCUT2D eigenvalue weighted by Gasteiger charge is -2.11. The number of aromatic hydroxyl groups is 3. The molecule has 0 aliphatic rings. The van der Waals surface area contributed by atoms with Crippen molar-refractivity contribution in [3.63, 3.8) is 0 Å². The van der Waals surface area contributed by atoms with E-state index >= 15 is 0 Å². The Morgan fingerprint density at radius 2 is 1.67 bits per heavy atom. The van der Waals surface area contributed by atoms with Crippen molar-refractivity contribution >= 4 is 5.84 Å². The number of aliphatic hydroxyl groups is 1. The third kappa shape index (κ3) is 2.02. The van der Waals surface area contributed by atoms with Gasteiger partial charge in [-0.3, -0.25) is 0 Å². The standard InChI is InChI=1S/C8H10N2O5/c9-8(10-15)7(14)3-1-5(12)6(13)2-4(3)11/h1-2,7,11-15H,(H2,9,10). The zero-order chi connectivity index (χ0) is 11.6. The average molecular weight is 214 g/mol. The van der Waals surface area contributed by atoms with Crippen molar-refractivity contribution in [3.8, 4) is 17.2 Å². The fourth-order valence-electron chi connectivity index (χ4n) is 1.01. The van der Waals surface area contributed by atoms with Crippen LogP contribution in [0.15, 0.2) is 17.3 Å². The predicted octanol–water partition coefficient (Wildman–Crippen LogP) is -0.417. The van der Waals surface area contributed by atoms with Gasteiger partial charge in [0.05, 0.1) is 0 Å². The molecule has 7 heteroatoms. The molecule has 0 radical (unpaired) electrons. The monoisotopic (exact) mass is 214 g/mol. The second-order valence-electron chi connectivity index (χ2n) is 2.83. The van der Waals surface area contributed by atoms with E-state index < -0.39 is 29.2 Å². The molecule has 0 saturated carbocycles. The highest BCUT2D eigenvalue weighted by molar-refractivity contribution is 5.86. The van der Waals surface area contributed by atoms with E-state index in [1.807, 2.05) is 0 Å². The van der Waals surface area contributed by atoms with Gasteiger partial charge in [0.2, 0.25) is 0 Å². The van der Waals surface area contributed by atoms with Crippen LogP contribution in [0.3, 0.4) is 0 Å². The molecular formula is C8H10N2O5. The number of benzene rings is 1. The van der Waals surface area contributed by atoms with E-state index in [0.29, 0.717) is 0 Å². The van der Waals surface area contributed by atoms with Crippen molar-refractivity contribution in [1.82, 2.24) is 0 Å². The highest BCUT2D eigenvalue weighted by Gasteiger charge is 2.19. The van der Waals surface area contributed by atoms with Crippen molar-refractivity contribution in [2.24, 2.45) is 10.9 Å². The van der Waals surface area contributed by atoms with Gasteiger partial charge in [-0.2, -0.15) is 0 Å². The van der Waals surface area contributed by atoms with Gasteiger partial charge >= 0.3 is 0 Å². The molecule has 82 valence electrons. The van der Waals surface area contributed by atoms with Crippen LogP contribution in [0.25, 0.3) is 0 Å². The van der Waals surface area contributed by atoms with Crippen molar-refractivity contribution < 1.29 is 25.6 Å². The van der Waals surface area contributed by atoms with E-state index in [0.717, 1.165) is 12.1 Å². The molecule has 0 bridgehead atoms. The molecular weight excluding hydrogens is 204 g/mol. The quantitative estimate of drug-likeness (QED) is 0.0986. The third-order valence-electron chi connectivity index (χ3n) is 1.81. The van der Waals surface area contributed by atoms with Gasteiger partial charge in [0.15, 0.2) is 17.3 Å². The van der Waals surface area contributed by atoms with E-state index in [1.54, 1.807) is 0 Å². The van der Waals surface area contributed by atoms with Crippen LogP contribution in [0.4, 0.5) is 0 Å². The first-order chi connectivity index (χ1) is 6.97. The summed E-state index contributed by atoms with van der Waals surface area (Å²) in [4.78, 5) is 0. The highest BCUT2D eigenvalue weighted by atomic mass is 16.4. The maximum atomic E-state index is 9.42. The molecule has 0 amide bonds. The molecule has 0 fully saturated rings. The molecule has 0 spiro atoms. The minimum Gasteiger partial charge on any atom is -0.507 e. The Bertz CT molecular complexity index is 404. The fourth-order valence-corrected chi connectivity index (χ4v) is 1.01. The number of oxime groups is 1. The summed E-state index contributed by atoms with van der Waals surface area (Å²) in [6, 6.07) is 1.74. The van der Waals surface area contributed by atoms with E-state index in [-0.39, 0.29) is 5.56 Å². The van der Waals surface area contributed by atoms with E-state index in [2.05, 4.69) is 5.16 Å². The van der Waals surface area contributed by atoms with Gasteiger partial charge in [0.1, 0.15) is 11.9 Å². The summed E-state index contributed by atoms with van der Waals surface area (Å²) in [5.74, 6) is -2.10. The first kappa shape index (κ1) is 10.9. The SMILES string of the molecule is NC(=NO)C(O)c1cc(O)c(O)cc1O. The average Bonchev–Trinajstić information content (AvgIpc) is 2.21. The van der Waals surface area contributed by atoms with Gasteiger partial charge < -0.3 is 31.4 Å². The maximum Gasteiger partial charge on any atom is 0.172 e. The number of amidine groups is 1. The summed E-state index contributed by atoms with van der Waals surface area (Å²) in [7, 11) is 0. The molecule has 0 saturated heterocycles. The summed E-state index contributed by atoms with van der Waals surface area (Å²) < 4.78 is 0. The lowest BCUT2D eigenvalue weighted by molar-refractivity contribution is 0.228. The molecule has 1 aromatic rings. The Labute approximate surface area is 84.3 Å². The number of hydrogen-bond donors (Lipinski definition) is 6. The number of nitrogens with zero attached hydrogens (tertiary/aromatic N) is 1. The number of hydrogen-bond acceptors (Lipinski definition) is 6. The van der Waals surface area contributed by atoms with Gasteiger partial charge in [0.25, 0.3) is 0 Å². The first-order valence-corrected chi connectivity index (χ1v) is 3.87. The zero-order valence-electron chi connectivity index (χ0n) is 7.49. The molecule has 1 aromatic carbocycles. The van der Waals surface area contributed by atoms with E-state index in [9.17, 15) is 10.2 Å². The minimum atomic E-state index is -1.57. The Kier molecular flexibility index (Phi) is 2.86. The summed E-state index contributed by atoms with van der Waals surface area (Å²) in [5.41, 5.74) is 4.92. The number of nitrogens with two attached hydrogens (primary N) is 1. The Morgan fingerprint density at radius 3 is 2.20 bits per heavy atom. The molecule has 7 nitrogen and oxygen atoms in total. The molecule has 1 rings (SSSR count). The summed E-state index contributed by atoms with van der Waals surface area (Å²) in [6.45, 7) is 0. The molecule has 1 atom stereocenters. The summed E-state index contributed by atoms with van der Waals surface area (Å²) >= 11 is 0. The largest absolute Gasteiger partial charge is 0.507 e. The second-order valence-corrected chi connectivity index (χ2v) is 2.83. The number of aliphatic hydroxyl groups excluding tert-OH is 1. The first-order valence-electron chi connectivity index (χ1n) is 3.87. The lowest BCUT2D eigenvalue weighted by Crippen LogP contribution is -2.21. The van der Waals surface area contributed by atoms with Crippen LogP contribution in [0.2, 0.25) is 0 Å². The van der Waals surface area contributed by atoms with Crippen LogP contribution in [0.1, 0.15) is 11.7 Å². The van der Waals surface area contributed by atoms with Crippen LogP contribution >= 0.6 is 0 Å². The van der Waals surface area contributed by atoms with Crippen molar-refractivity contribution in [3.05, 3.63) is 17.7 Å². The Morgan fingerprint density at radius 1 is 1.13 bits per heavy atom. The number of phenolic OH excluding ortho intramolecular Hbond substituents is 3. The van der Waals surface area contributed by atoms with E-state index in [4.69, 9.17) is 21.2 Å². The maximum absolute atomic E-state index is 9.42. The topological polar surface area (TPSA) is 140 Å². The minimum absolute atomic E-state index is 0.180. The molecule has 0 aliphatic carbocycles. The van der Waals surface area contributed by atoms with E-state index in [1.165, 1.54) is 0 Å². The van der Waals surface area contributed by atoms with Gasteiger partial charge in [-0.25, -0.2) is 0 Å². The van der Waals surface area contributed by atoms with Crippen molar-refractivity contribution in [2.45, 2.75) is 6.10 Å². The molecule has 1 unspecified atom stereocenters. The van der Waals surface area contributed by atoms with Crippen LogP contribution in [0.5, 0.6) is 17.2 Å². The van der Waals surface area contributed by atoms with Gasteiger partial charge in [0, 0.05) is 11.6 Å². The molecule has 0 aliphatic heterocycles. The van der Waals surface area contributed by atoms with Gasteiger partial charge in [-0.15, -0.1) is 0 Å². The van der Waals surface area contributed by atoms with Crippen molar-refractivity contribution in [2.75, 3.05) is 0 Å². The lowest BCUT2D eigenvalue weighted by atomic mass is 10.1. The smallest absolute Gasteiger partial charge is 0.172 e. The molecule has 15 heavy (non-hydrogen) atoms. The second kappa shape index (κ2) is 3.93. The number of rotatable bonds is 2. The number of phenols is 3. The van der Waals surface area contributed by atoms with Crippen molar-refractivity contribution in [1.29, 1.82) is 0 Å². The Hall–Kier alpha value is -2.15. The van der Waals surface area contributed by atoms with Crippen LogP contribution in [0, 0.1) is 0 Å². The van der Waals surface area contributed by atoms with Gasteiger partial charge in [-0.05, 0) is 6.07 Å². The fraction of sp³-hybridized carbons (Fsp3) is 0.125. The zero-order valence-corrected chi connectivity index (χ0v) is 7.49. The molecule has 0 heterocycles. The molecule has 7 N–H and O–H groups in total. The summed E-state index contributed by atoms with van der Waals surface area (Å²) in [6.07, 6.45) is -1.57. The summed E-state index contributed by atoms with van der Waals surface area (Å²) in [5, 5.41) is 47.7. The van der Waals surface area contributed by atoms with Crippen LogP contribution in [-0.2, 0) is 0 Å². The highest BCUT2D eigenvalue weighted by Crippen LogP contribution is 2.35. The van der Waals surface area contributed by atoms with Crippen LogP contribution < -0.4 is 5.73 Å². The Balaban J connectivity index is 3.20. The normalized spacial score (nSPS) is 13.8. The predicted molar refractivity (Wildman–Crippen MR) is 49.8 cm³/mol. The van der Waals surface area contributed by atoms with Gasteiger partial charge in [-0.1, -0.05) is 5.16 Å². The third-order valence-corrected chi connectivity index (χ3v) is 1.81. The van der Waals surface area contributed by atoms with Crippen LogP contribution in [-0.4, -0.2) is 31.5 Å².